The van der Waals surface area contributed by atoms with E-state index in [1.807, 2.05) is 0 Å². The number of carbonyl (C=O) groups excluding carboxylic acids is 1. The number of para-hydroxylation sites is 2. The van der Waals surface area contributed by atoms with Crippen molar-refractivity contribution in [2.24, 2.45) is 5.10 Å². The van der Waals surface area contributed by atoms with Crippen molar-refractivity contribution in [1.29, 1.82) is 0 Å². The molecule has 0 fully saturated rings. The van der Waals surface area contributed by atoms with E-state index in [9.17, 15) is 14.8 Å². The number of rotatable bonds is 2. The summed E-state index contributed by atoms with van der Waals surface area (Å²) >= 11 is 0. The van der Waals surface area contributed by atoms with E-state index in [2.05, 4.69) is 20.8 Å². The first-order valence-corrected chi connectivity index (χ1v) is 7.10. The monoisotopic (exact) mass is 321 g/mol. The average Bonchev–Trinajstić information content (AvgIpc) is 2.92. The molecule has 3 aromatic rings. The third-order valence-corrected chi connectivity index (χ3v) is 3.67. The standard InChI is InChI=1S/C16H11N5O3/c22-14-13(9-5-1-3-7-11(9)17-14)19-20-16-18-12-8-4-2-6-10(12)15(23)21(16)24/h1-8,24H,(H,18,20)(H,17,19,22). The summed E-state index contributed by atoms with van der Waals surface area (Å²) in [5, 5.41) is 16.9. The molecule has 118 valence electrons. The van der Waals surface area contributed by atoms with Crippen molar-refractivity contribution in [2.75, 3.05) is 10.7 Å². The molecule has 1 aliphatic rings. The van der Waals surface area contributed by atoms with E-state index >= 15 is 0 Å². The Balaban J connectivity index is 1.77. The van der Waals surface area contributed by atoms with Crippen LogP contribution in [-0.4, -0.2) is 26.5 Å². The fourth-order valence-electron chi connectivity index (χ4n) is 2.52. The quantitative estimate of drug-likeness (QED) is 0.488. The van der Waals surface area contributed by atoms with Crippen molar-refractivity contribution in [3.05, 3.63) is 64.4 Å². The number of amides is 1. The van der Waals surface area contributed by atoms with Gasteiger partial charge in [-0.15, -0.1) is 4.73 Å². The number of nitrogens with zero attached hydrogens (tertiary/aromatic N) is 3. The first-order chi connectivity index (χ1) is 11.6. The minimum Gasteiger partial charge on any atom is -0.422 e. The number of fused-ring (bicyclic) bond motifs is 2. The zero-order chi connectivity index (χ0) is 16.7. The summed E-state index contributed by atoms with van der Waals surface area (Å²) in [4.78, 5) is 28.2. The molecule has 0 unspecified atom stereocenters. The zero-order valence-corrected chi connectivity index (χ0v) is 12.2. The number of aromatic nitrogens is 2. The Morgan fingerprint density at radius 1 is 1.08 bits per heavy atom. The largest absolute Gasteiger partial charge is 0.422 e. The maximum atomic E-state index is 12.1. The topological polar surface area (TPSA) is 109 Å². The van der Waals surface area contributed by atoms with Crippen LogP contribution in [-0.2, 0) is 4.79 Å². The van der Waals surface area contributed by atoms with Crippen LogP contribution in [0.4, 0.5) is 11.6 Å². The molecule has 0 spiro atoms. The molecule has 0 atom stereocenters. The Morgan fingerprint density at radius 2 is 1.83 bits per heavy atom. The predicted molar refractivity (Wildman–Crippen MR) is 88.4 cm³/mol. The molecular weight excluding hydrogens is 310 g/mol. The van der Waals surface area contributed by atoms with Gasteiger partial charge < -0.3 is 10.5 Å². The van der Waals surface area contributed by atoms with E-state index in [1.165, 1.54) is 0 Å². The lowest BCUT2D eigenvalue weighted by Crippen LogP contribution is -2.23. The molecule has 0 bridgehead atoms. The van der Waals surface area contributed by atoms with Crippen molar-refractivity contribution in [2.45, 2.75) is 0 Å². The fourth-order valence-corrected chi connectivity index (χ4v) is 2.52. The lowest BCUT2D eigenvalue weighted by Gasteiger charge is -2.06. The molecule has 0 aliphatic carbocycles. The van der Waals surface area contributed by atoms with Crippen LogP contribution in [0.3, 0.4) is 0 Å². The number of nitrogens with one attached hydrogen (secondary N) is 2. The molecule has 4 rings (SSSR count). The molecule has 8 heteroatoms. The summed E-state index contributed by atoms with van der Waals surface area (Å²) in [5.41, 5.74) is 3.69. The van der Waals surface area contributed by atoms with Crippen molar-refractivity contribution < 1.29 is 10.0 Å². The van der Waals surface area contributed by atoms with E-state index < -0.39 is 5.56 Å². The number of carbonyl (C=O) groups is 1. The highest BCUT2D eigenvalue weighted by Crippen LogP contribution is 2.22. The molecule has 8 nitrogen and oxygen atoms in total. The second-order valence-electron chi connectivity index (χ2n) is 5.14. The molecule has 1 amide bonds. The Morgan fingerprint density at radius 3 is 2.71 bits per heavy atom. The molecule has 3 N–H and O–H groups in total. The Bertz CT molecular complexity index is 1070. The van der Waals surface area contributed by atoms with Gasteiger partial charge in [-0.3, -0.25) is 9.59 Å². The number of hydrogen-bond acceptors (Lipinski definition) is 6. The summed E-state index contributed by atoms with van der Waals surface area (Å²) in [7, 11) is 0. The number of anilines is 2. The van der Waals surface area contributed by atoms with Gasteiger partial charge in [0, 0.05) is 5.56 Å². The van der Waals surface area contributed by atoms with Crippen LogP contribution in [0.15, 0.2) is 58.4 Å². The molecular formula is C16H11N5O3. The molecule has 2 aromatic carbocycles. The van der Waals surface area contributed by atoms with Crippen molar-refractivity contribution in [3.63, 3.8) is 0 Å². The molecule has 0 saturated heterocycles. The van der Waals surface area contributed by atoms with Crippen LogP contribution < -0.4 is 16.3 Å². The lowest BCUT2D eigenvalue weighted by molar-refractivity contribution is -0.110. The second-order valence-corrected chi connectivity index (χ2v) is 5.14. The maximum absolute atomic E-state index is 12.1. The van der Waals surface area contributed by atoms with Crippen LogP contribution >= 0.6 is 0 Å². The minimum absolute atomic E-state index is 0.146. The summed E-state index contributed by atoms with van der Waals surface area (Å²) in [5.74, 6) is -0.556. The van der Waals surface area contributed by atoms with Gasteiger partial charge in [0.2, 0.25) is 0 Å². The van der Waals surface area contributed by atoms with Crippen LogP contribution in [0, 0.1) is 0 Å². The Hall–Kier alpha value is -3.68. The van der Waals surface area contributed by atoms with Crippen LogP contribution in [0.5, 0.6) is 0 Å². The fraction of sp³-hybridized carbons (Fsp3) is 0. The smallest absolute Gasteiger partial charge is 0.295 e. The van der Waals surface area contributed by atoms with Gasteiger partial charge in [-0.1, -0.05) is 30.3 Å². The van der Waals surface area contributed by atoms with Crippen LogP contribution in [0.1, 0.15) is 5.56 Å². The van der Waals surface area contributed by atoms with Crippen molar-refractivity contribution >= 4 is 34.2 Å². The van der Waals surface area contributed by atoms with E-state index in [1.54, 1.807) is 48.5 Å². The number of hydrogen-bond donors (Lipinski definition) is 3. The van der Waals surface area contributed by atoms with Crippen molar-refractivity contribution in [1.82, 2.24) is 9.71 Å². The predicted octanol–water partition coefficient (Wildman–Crippen LogP) is 1.40. The Kier molecular flexibility index (Phi) is 3.02. The third-order valence-electron chi connectivity index (χ3n) is 3.67. The number of benzene rings is 2. The highest BCUT2D eigenvalue weighted by Gasteiger charge is 2.25. The summed E-state index contributed by atoms with van der Waals surface area (Å²) in [6.07, 6.45) is 0. The highest BCUT2D eigenvalue weighted by atomic mass is 16.5. The van der Waals surface area contributed by atoms with Crippen LogP contribution in [0.2, 0.25) is 0 Å². The molecule has 0 saturated carbocycles. The minimum atomic E-state index is -0.625. The number of hydrazone groups is 1. The molecule has 2 heterocycles. The molecule has 1 aliphatic heterocycles. The zero-order valence-electron chi connectivity index (χ0n) is 12.2. The van der Waals surface area contributed by atoms with Gasteiger partial charge in [0.15, 0.2) is 5.71 Å². The lowest BCUT2D eigenvalue weighted by atomic mass is 10.1. The van der Waals surface area contributed by atoms with E-state index in [0.717, 1.165) is 0 Å². The van der Waals surface area contributed by atoms with Gasteiger partial charge in [-0.25, -0.2) is 10.4 Å². The van der Waals surface area contributed by atoms with Gasteiger partial charge in [-0.2, -0.15) is 5.10 Å². The van der Waals surface area contributed by atoms with Crippen LogP contribution in [0.25, 0.3) is 10.9 Å². The first kappa shape index (κ1) is 13.9. The van der Waals surface area contributed by atoms with E-state index in [-0.39, 0.29) is 23.0 Å². The van der Waals surface area contributed by atoms with E-state index in [4.69, 9.17) is 0 Å². The van der Waals surface area contributed by atoms with Gasteiger partial charge in [-0.05, 0) is 18.2 Å². The highest BCUT2D eigenvalue weighted by molar-refractivity contribution is 6.53. The average molecular weight is 321 g/mol. The van der Waals surface area contributed by atoms with Gasteiger partial charge >= 0.3 is 0 Å². The van der Waals surface area contributed by atoms with Gasteiger partial charge in [0.25, 0.3) is 17.4 Å². The van der Waals surface area contributed by atoms with Gasteiger partial charge in [0.1, 0.15) is 0 Å². The molecule has 0 radical (unpaired) electrons. The summed E-state index contributed by atoms with van der Waals surface area (Å²) in [6, 6.07) is 13.7. The first-order valence-electron chi connectivity index (χ1n) is 7.10. The van der Waals surface area contributed by atoms with Crippen molar-refractivity contribution in [3.8, 4) is 0 Å². The SMILES string of the molecule is O=C1Nc2ccccc2/C1=N/Nc1nc2ccccc2c(=O)n1O. The van der Waals surface area contributed by atoms with E-state index in [0.29, 0.717) is 21.5 Å². The second kappa shape index (κ2) is 5.20. The molecule has 1 aromatic heterocycles. The Labute approximate surface area is 135 Å². The normalized spacial score (nSPS) is 14.7. The summed E-state index contributed by atoms with van der Waals surface area (Å²) in [6.45, 7) is 0. The summed E-state index contributed by atoms with van der Waals surface area (Å²) < 4.78 is 0.366. The molecule has 24 heavy (non-hydrogen) atoms. The third kappa shape index (κ3) is 2.09. The van der Waals surface area contributed by atoms with Gasteiger partial charge in [0.05, 0.1) is 16.6 Å². The maximum Gasteiger partial charge on any atom is 0.295 e.